The van der Waals surface area contributed by atoms with E-state index in [-0.39, 0.29) is 18.0 Å². The zero-order chi connectivity index (χ0) is 13.7. The van der Waals surface area contributed by atoms with Gasteiger partial charge in [0.1, 0.15) is 6.04 Å². The van der Waals surface area contributed by atoms with Gasteiger partial charge in [0.15, 0.2) is 0 Å². The Morgan fingerprint density at radius 3 is 2.33 bits per heavy atom. The molecule has 1 atom stereocenters. The Balaban J connectivity index is 2.68. The molecule has 18 heavy (non-hydrogen) atoms. The highest BCUT2D eigenvalue weighted by atomic mass is 16.1. The molecule has 0 aliphatic heterocycles. The smallest absolute Gasteiger partial charge is 0.236 e. The second-order valence-corrected chi connectivity index (χ2v) is 4.99. The third-order valence-electron chi connectivity index (χ3n) is 2.81. The predicted molar refractivity (Wildman–Crippen MR) is 75.7 cm³/mol. The summed E-state index contributed by atoms with van der Waals surface area (Å²) in [6.07, 6.45) is 0. The van der Waals surface area contributed by atoms with Crippen molar-refractivity contribution in [1.82, 2.24) is 5.32 Å². The third kappa shape index (κ3) is 4.37. The van der Waals surface area contributed by atoms with E-state index < -0.39 is 0 Å². The van der Waals surface area contributed by atoms with Gasteiger partial charge < -0.3 is 16.0 Å². The quantitative estimate of drug-likeness (QED) is 0.798. The molecule has 0 fully saturated rings. The number of rotatable bonds is 6. The molecular formula is C14H23N3O. The van der Waals surface area contributed by atoms with E-state index in [0.717, 1.165) is 5.69 Å². The Morgan fingerprint density at radius 2 is 1.89 bits per heavy atom. The summed E-state index contributed by atoms with van der Waals surface area (Å²) < 4.78 is 0. The Labute approximate surface area is 109 Å². The fourth-order valence-corrected chi connectivity index (χ4v) is 1.81. The van der Waals surface area contributed by atoms with Crippen molar-refractivity contribution < 1.29 is 4.79 Å². The minimum Gasteiger partial charge on any atom is -0.372 e. The Hall–Kier alpha value is -1.55. The van der Waals surface area contributed by atoms with E-state index in [4.69, 9.17) is 5.73 Å². The Kier molecular flexibility index (Phi) is 5.16. The number of nitrogens with one attached hydrogen (secondary N) is 1. The zero-order valence-electron chi connectivity index (χ0n) is 11.6. The lowest BCUT2D eigenvalue weighted by molar-refractivity contribution is -0.119. The van der Waals surface area contributed by atoms with E-state index in [9.17, 15) is 4.79 Å². The van der Waals surface area contributed by atoms with Gasteiger partial charge in [-0.2, -0.15) is 0 Å². The standard InChI is InChI=1S/C14H23N3O/c1-10(2)16-13(14(15)18)9-17(4)12-7-5-11(3)6-8-12/h5-8,10,13,16H,9H2,1-4H3,(H2,15,18). The number of likely N-dealkylation sites (N-methyl/N-ethyl adjacent to an activating group) is 1. The number of carbonyl (C=O) groups excluding carboxylic acids is 1. The lowest BCUT2D eigenvalue weighted by Crippen LogP contribution is -2.50. The van der Waals surface area contributed by atoms with Gasteiger partial charge in [0.05, 0.1) is 0 Å². The summed E-state index contributed by atoms with van der Waals surface area (Å²) in [5.41, 5.74) is 7.71. The Bertz CT molecular complexity index is 387. The average molecular weight is 249 g/mol. The fourth-order valence-electron chi connectivity index (χ4n) is 1.81. The van der Waals surface area contributed by atoms with E-state index in [1.165, 1.54) is 5.56 Å². The van der Waals surface area contributed by atoms with E-state index in [0.29, 0.717) is 6.54 Å². The lowest BCUT2D eigenvalue weighted by Gasteiger charge is -2.26. The van der Waals surface area contributed by atoms with Gasteiger partial charge >= 0.3 is 0 Å². The molecule has 0 saturated heterocycles. The van der Waals surface area contributed by atoms with Gasteiger partial charge in [-0.15, -0.1) is 0 Å². The van der Waals surface area contributed by atoms with Gasteiger partial charge in [-0.1, -0.05) is 31.5 Å². The highest BCUT2D eigenvalue weighted by molar-refractivity contribution is 5.80. The third-order valence-corrected chi connectivity index (χ3v) is 2.81. The maximum absolute atomic E-state index is 11.4. The second-order valence-electron chi connectivity index (χ2n) is 4.99. The minimum atomic E-state index is -0.337. The summed E-state index contributed by atoms with van der Waals surface area (Å²) in [6.45, 7) is 6.62. The van der Waals surface area contributed by atoms with Crippen LogP contribution in [-0.4, -0.2) is 31.6 Å². The molecule has 1 unspecified atom stereocenters. The molecule has 100 valence electrons. The molecule has 1 aromatic rings. The van der Waals surface area contributed by atoms with Crippen LogP contribution in [0, 0.1) is 6.92 Å². The molecule has 0 aliphatic carbocycles. The molecule has 0 bridgehead atoms. The summed E-state index contributed by atoms with van der Waals surface area (Å²) in [6, 6.07) is 8.10. The van der Waals surface area contributed by atoms with E-state index in [2.05, 4.69) is 24.4 Å². The number of amides is 1. The van der Waals surface area contributed by atoms with Crippen molar-refractivity contribution in [2.45, 2.75) is 32.9 Å². The molecule has 1 rings (SSSR count). The van der Waals surface area contributed by atoms with Gasteiger partial charge in [0, 0.05) is 25.3 Å². The molecule has 3 N–H and O–H groups in total. The van der Waals surface area contributed by atoms with E-state index in [1.807, 2.05) is 37.9 Å². The molecule has 1 aromatic carbocycles. The summed E-state index contributed by atoms with van der Waals surface area (Å²) in [5, 5.41) is 3.18. The second kappa shape index (κ2) is 6.40. The molecule has 4 nitrogen and oxygen atoms in total. The molecule has 4 heteroatoms. The maximum Gasteiger partial charge on any atom is 0.236 e. The first-order valence-electron chi connectivity index (χ1n) is 6.23. The number of benzene rings is 1. The largest absolute Gasteiger partial charge is 0.372 e. The van der Waals surface area contributed by atoms with Crippen LogP contribution in [0.25, 0.3) is 0 Å². The lowest BCUT2D eigenvalue weighted by atomic mass is 10.2. The van der Waals surface area contributed by atoms with Crippen LogP contribution in [0.3, 0.4) is 0 Å². The van der Waals surface area contributed by atoms with Crippen LogP contribution in [0.2, 0.25) is 0 Å². The van der Waals surface area contributed by atoms with Gasteiger partial charge in [0.2, 0.25) is 5.91 Å². The highest BCUT2D eigenvalue weighted by Crippen LogP contribution is 2.13. The average Bonchev–Trinajstić information content (AvgIpc) is 2.28. The number of nitrogens with zero attached hydrogens (tertiary/aromatic N) is 1. The summed E-state index contributed by atoms with van der Waals surface area (Å²) in [5.74, 6) is -0.317. The number of primary amides is 1. The van der Waals surface area contributed by atoms with Gasteiger partial charge in [-0.05, 0) is 19.1 Å². The first-order valence-corrected chi connectivity index (χ1v) is 6.23. The molecular weight excluding hydrogens is 226 g/mol. The Morgan fingerprint density at radius 1 is 1.33 bits per heavy atom. The number of hydrogen-bond donors (Lipinski definition) is 2. The topological polar surface area (TPSA) is 58.4 Å². The SMILES string of the molecule is Cc1ccc(N(C)CC(NC(C)C)C(N)=O)cc1. The summed E-state index contributed by atoms with van der Waals surface area (Å²) in [7, 11) is 1.96. The van der Waals surface area contributed by atoms with Crippen LogP contribution in [-0.2, 0) is 4.79 Å². The van der Waals surface area contributed by atoms with Gasteiger partial charge in [0.25, 0.3) is 0 Å². The van der Waals surface area contributed by atoms with Crippen molar-refractivity contribution in [2.75, 3.05) is 18.5 Å². The molecule has 0 saturated carbocycles. The van der Waals surface area contributed by atoms with Crippen LogP contribution < -0.4 is 16.0 Å². The normalized spacial score (nSPS) is 12.5. The van der Waals surface area contributed by atoms with Crippen LogP contribution >= 0.6 is 0 Å². The van der Waals surface area contributed by atoms with Gasteiger partial charge in [-0.25, -0.2) is 0 Å². The van der Waals surface area contributed by atoms with Crippen molar-refractivity contribution in [3.63, 3.8) is 0 Å². The van der Waals surface area contributed by atoms with Crippen molar-refractivity contribution in [3.05, 3.63) is 29.8 Å². The summed E-state index contributed by atoms with van der Waals surface area (Å²) in [4.78, 5) is 13.4. The maximum atomic E-state index is 11.4. The number of carbonyl (C=O) groups is 1. The van der Waals surface area contributed by atoms with Crippen LogP contribution in [0.5, 0.6) is 0 Å². The minimum absolute atomic E-state index is 0.230. The monoisotopic (exact) mass is 249 g/mol. The van der Waals surface area contributed by atoms with Crippen molar-refractivity contribution >= 4 is 11.6 Å². The first kappa shape index (κ1) is 14.5. The van der Waals surface area contributed by atoms with Crippen LogP contribution in [0.4, 0.5) is 5.69 Å². The van der Waals surface area contributed by atoms with Crippen LogP contribution in [0.15, 0.2) is 24.3 Å². The molecule has 0 aromatic heterocycles. The molecule has 0 radical (unpaired) electrons. The number of anilines is 1. The predicted octanol–water partition coefficient (Wildman–Crippen LogP) is 1.28. The van der Waals surface area contributed by atoms with E-state index >= 15 is 0 Å². The molecule has 0 spiro atoms. The summed E-state index contributed by atoms with van der Waals surface area (Å²) >= 11 is 0. The highest BCUT2D eigenvalue weighted by Gasteiger charge is 2.18. The number of hydrogen-bond acceptors (Lipinski definition) is 3. The fraction of sp³-hybridized carbons (Fsp3) is 0.500. The van der Waals surface area contributed by atoms with Crippen molar-refractivity contribution in [2.24, 2.45) is 5.73 Å². The van der Waals surface area contributed by atoms with Gasteiger partial charge in [-0.3, -0.25) is 4.79 Å². The van der Waals surface area contributed by atoms with Crippen molar-refractivity contribution in [1.29, 1.82) is 0 Å². The van der Waals surface area contributed by atoms with E-state index in [1.54, 1.807) is 0 Å². The molecule has 0 aliphatic rings. The molecule has 0 heterocycles. The van der Waals surface area contributed by atoms with Crippen molar-refractivity contribution in [3.8, 4) is 0 Å². The molecule has 1 amide bonds. The zero-order valence-corrected chi connectivity index (χ0v) is 11.6. The number of aryl methyl sites for hydroxylation is 1. The number of nitrogens with two attached hydrogens (primary N) is 1. The van der Waals surface area contributed by atoms with Crippen LogP contribution in [0.1, 0.15) is 19.4 Å². The first-order chi connectivity index (χ1) is 8.40.